The van der Waals surface area contributed by atoms with Crippen molar-refractivity contribution in [2.24, 2.45) is 11.8 Å². The Morgan fingerprint density at radius 1 is 1.32 bits per heavy atom. The highest BCUT2D eigenvalue weighted by molar-refractivity contribution is 5.74. The molecule has 1 N–H and O–H groups in total. The molecule has 4 heteroatoms. The fourth-order valence-electron chi connectivity index (χ4n) is 2.66. The number of pyridine rings is 2. The third kappa shape index (κ3) is 2.57. The molecule has 0 saturated heterocycles. The van der Waals surface area contributed by atoms with Gasteiger partial charge in [0.2, 0.25) is 0 Å². The molecule has 2 heterocycles. The summed E-state index contributed by atoms with van der Waals surface area (Å²) in [5, 5.41) is 9.89. The van der Waals surface area contributed by atoms with Crippen molar-refractivity contribution in [2.45, 2.75) is 25.7 Å². The maximum absolute atomic E-state index is 10.7. The zero-order valence-electron chi connectivity index (χ0n) is 10.6. The monoisotopic (exact) mass is 256 g/mol. The molecule has 2 aromatic rings. The summed E-state index contributed by atoms with van der Waals surface area (Å²) in [6.45, 7) is 0. The first kappa shape index (κ1) is 12.1. The molecule has 1 aliphatic rings. The van der Waals surface area contributed by atoms with Crippen molar-refractivity contribution in [1.29, 1.82) is 0 Å². The summed E-state index contributed by atoms with van der Waals surface area (Å²) in [6, 6.07) is 8.00. The van der Waals surface area contributed by atoms with Crippen molar-refractivity contribution in [3.63, 3.8) is 0 Å². The van der Waals surface area contributed by atoms with Crippen LogP contribution < -0.4 is 0 Å². The lowest BCUT2D eigenvalue weighted by Crippen LogP contribution is -2.30. The minimum absolute atomic E-state index is 0.115. The van der Waals surface area contributed by atoms with Gasteiger partial charge in [-0.3, -0.25) is 4.79 Å². The highest BCUT2D eigenvalue weighted by Crippen LogP contribution is 2.36. The molecule has 0 spiro atoms. The number of aliphatic carboxylic acids is 1. The lowest BCUT2D eigenvalue weighted by Gasteiger charge is -2.32. The second-order valence-electron chi connectivity index (χ2n) is 5.26. The van der Waals surface area contributed by atoms with E-state index >= 15 is 0 Å². The van der Waals surface area contributed by atoms with Crippen LogP contribution in [0.2, 0.25) is 0 Å². The molecule has 1 fully saturated rings. The molecule has 98 valence electrons. The standard InChI is InChI=1S/C15H16N2O2/c18-15(19)12-8-10(9-12)3-5-13-6-4-11-2-1-7-16-14(11)17-13/h1-2,4,6-7,10,12H,3,5,8-9H2,(H,18,19). The molecule has 0 unspecified atom stereocenters. The van der Waals surface area contributed by atoms with Crippen LogP contribution in [-0.2, 0) is 11.2 Å². The highest BCUT2D eigenvalue weighted by atomic mass is 16.4. The predicted octanol–water partition coefficient (Wildman–Crippen LogP) is 2.67. The number of aromatic nitrogens is 2. The molecule has 0 atom stereocenters. The molecule has 1 saturated carbocycles. The Morgan fingerprint density at radius 2 is 2.16 bits per heavy atom. The van der Waals surface area contributed by atoms with Gasteiger partial charge in [0.15, 0.2) is 5.65 Å². The minimum Gasteiger partial charge on any atom is -0.481 e. The number of fused-ring (bicyclic) bond motifs is 1. The van der Waals surface area contributed by atoms with Gasteiger partial charge < -0.3 is 5.11 Å². The van der Waals surface area contributed by atoms with Gasteiger partial charge in [-0.2, -0.15) is 0 Å². The third-order valence-corrected chi connectivity index (χ3v) is 3.92. The smallest absolute Gasteiger partial charge is 0.306 e. The Labute approximate surface area is 111 Å². The Morgan fingerprint density at radius 3 is 2.95 bits per heavy atom. The Bertz CT molecular complexity index is 606. The Kier molecular flexibility index (Phi) is 3.15. The quantitative estimate of drug-likeness (QED) is 0.913. The van der Waals surface area contributed by atoms with Crippen LogP contribution in [0, 0.1) is 11.8 Å². The summed E-state index contributed by atoms with van der Waals surface area (Å²) in [5.41, 5.74) is 1.84. The van der Waals surface area contributed by atoms with E-state index in [9.17, 15) is 4.79 Å². The molecular weight excluding hydrogens is 240 g/mol. The van der Waals surface area contributed by atoms with E-state index in [1.165, 1.54) is 0 Å². The van der Waals surface area contributed by atoms with Crippen LogP contribution in [0.5, 0.6) is 0 Å². The summed E-state index contributed by atoms with van der Waals surface area (Å²) in [4.78, 5) is 19.5. The predicted molar refractivity (Wildman–Crippen MR) is 71.7 cm³/mol. The molecule has 0 bridgehead atoms. The van der Waals surface area contributed by atoms with E-state index in [1.807, 2.05) is 24.3 Å². The number of hydrogen-bond donors (Lipinski definition) is 1. The van der Waals surface area contributed by atoms with E-state index in [2.05, 4.69) is 9.97 Å². The van der Waals surface area contributed by atoms with E-state index in [0.717, 1.165) is 42.4 Å². The van der Waals surface area contributed by atoms with Gasteiger partial charge in [-0.25, -0.2) is 9.97 Å². The largest absolute Gasteiger partial charge is 0.481 e. The Hall–Kier alpha value is -1.97. The summed E-state index contributed by atoms with van der Waals surface area (Å²) >= 11 is 0. The van der Waals surface area contributed by atoms with Crippen molar-refractivity contribution >= 4 is 17.0 Å². The van der Waals surface area contributed by atoms with Crippen molar-refractivity contribution < 1.29 is 9.90 Å². The van der Waals surface area contributed by atoms with Gasteiger partial charge in [0, 0.05) is 17.3 Å². The topological polar surface area (TPSA) is 63.1 Å². The van der Waals surface area contributed by atoms with Crippen LogP contribution in [0.15, 0.2) is 30.5 Å². The number of rotatable bonds is 4. The zero-order chi connectivity index (χ0) is 13.2. The number of hydrogen-bond acceptors (Lipinski definition) is 3. The van der Waals surface area contributed by atoms with E-state index in [4.69, 9.17) is 5.11 Å². The van der Waals surface area contributed by atoms with Gasteiger partial charge in [-0.1, -0.05) is 0 Å². The summed E-state index contributed by atoms with van der Waals surface area (Å²) in [7, 11) is 0. The minimum atomic E-state index is -0.649. The van der Waals surface area contributed by atoms with Crippen LogP contribution >= 0.6 is 0 Å². The molecule has 3 rings (SSSR count). The zero-order valence-corrected chi connectivity index (χ0v) is 10.6. The second kappa shape index (κ2) is 4.96. The maximum atomic E-state index is 10.7. The van der Waals surface area contributed by atoms with Crippen molar-refractivity contribution in [1.82, 2.24) is 9.97 Å². The van der Waals surface area contributed by atoms with E-state index in [-0.39, 0.29) is 5.92 Å². The van der Waals surface area contributed by atoms with Crippen LogP contribution in [0.4, 0.5) is 0 Å². The van der Waals surface area contributed by atoms with Gasteiger partial charge in [-0.05, 0) is 55.9 Å². The summed E-state index contributed by atoms with van der Waals surface area (Å²) in [6.07, 6.45) is 5.32. The first-order valence-electron chi connectivity index (χ1n) is 6.66. The lowest BCUT2D eigenvalue weighted by atomic mass is 9.72. The van der Waals surface area contributed by atoms with Crippen LogP contribution in [-0.4, -0.2) is 21.0 Å². The van der Waals surface area contributed by atoms with Crippen molar-refractivity contribution in [3.8, 4) is 0 Å². The van der Waals surface area contributed by atoms with Gasteiger partial charge in [0.05, 0.1) is 5.92 Å². The average molecular weight is 256 g/mol. The Balaban J connectivity index is 1.59. The molecule has 4 nitrogen and oxygen atoms in total. The second-order valence-corrected chi connectivity index (χ2v) is 5.26. The molecule has 0 aliphatic heterocycles. The average Bonchev–Trinajstić information content (AvgIpc) is 2.36. The number of carboxylic acid groups (broad SMARTS) is 1. The van der Waals surface area contributed by atoms with E-state index in [0.29, 0.717) is 5.92 Å². The van der Waals surface area contributed by atoms with Crippen molar-refractivity contribution in [2.75, 3.05) is 0 Å². The summed E-state index contributed by atoms with van der Waals surface area (Å²) < 4.78 is 0. The van der Waals surface area contributed by atoms with Crippen LogP contribution in [0.25, 0.3) is 11.0 Å². The summed E-state index contributed by atoms with van der Waals surface area (Å²) in [5.74, 6) is -0.220. The maximum Gasteiger partial charge on any atom is 0.306 e. The molecule has 0 amide bonds. The third-order valence-electron chi connectivity index (χ3n) is 3.92. The SMILES string of the molecule is O=C(O)C1CC(CCc2ccc3cccnc3n2)C1. The fraction of sp³-hybridized carbons (Fsp3) is 0.400. The van der Waals surface area contributed by atoms with Gasteiger partial charge in [-0.15, -0.1) is 0 Å². The van der Waals surface area contributed by atoms with Gasteiger partial charge in [0.1, 0.15) is 0 Å². The fourth-order valence-corrected chi connectivity index (χ4v) is 2.66. The molecular formula is C15H16N2O2. The van der Waals surface area contributed by atoms with Gasteiger partial charge in [0.25, 0.3) is 0 Å². The molecule has 0 aromatic carbocycles. The van der Waals surface area contributed by atoms with E-state index in [1.54, 1.807) is 6.20 Å². The molecule has 2 aromatic heterocycles. The highest BCUT2D eigenvalue weighted by Gasteiger charge is 2.33. The van der Waals surface area contributed by atoms with Crippen LogP contribution in [0.3, 0.4) is 0 Å². The number of carboxylic acids is 1. The number of carbonyl (C=O) groups is 1. The number of nitrogens with zero attached hydrogens (tertiary/aromatic N) is 2. The lowest BCUT2D eigenvalue weighted by molar-refractivity contribution is -0.146. The van der Waals surface area contributed by atoms with Gasteiger partial charge >= 0.3 is 5.97 Å². The number of aryl methyl sites for hydroxylation is 1. The first-order valence-corrected chi connectivity index (χ1v) is 6.66. The van der Waals surface area contributed by atoms with E-state index < -0.39 is 5.97 Å². The molecule has 1 aliphatic carbocycles. The molecule has 19 heavy (non-hydrogen) atoms. The van der Waals surface area contributed by atoms with Crippen molar-refractivity contribution in [3.05, 3.63) is 36.2 Å². The normalized spacial score (nSPS) is 22.1. The van der Waals surface area contributed by atoms with Crippen LogP contribution in [0.1, 0.15) is 25.0 Å². The molecule has 0 radical (unpaired) electrons. The first-order chi connectivity index (χ1) is 9.22.